The third kappa shape index (κ3) is 3.85. The molecule has 1 saturated heterocycles. The molecule has 0 bridgehead atoms. The van der Waals surface area contributed by atoms with Gasteiger partial charge in [0.2, 0.25) is 5.91 Å². The van der Waals surface area contributed by atoms with E-state index in [-0.39, 0.29) is 30.8 Å². The Morgan fingerprint density at radius 1 is 1.29 bits per heavy atom. The minimum absolute atomic E-state index is 0. The number of hydrogen-bond acceptors (Lipinski definition) is 4. The van der Waals surface area contributed by atoms with E-state index in [2.05, 4.69) is 16.0 Å². The second kappa shape index (κ2) is 7.61. The Hall–Kier alpha value is -1.34. The number of nitrogens with one attached hydrogen (secondary N) is 3. The monoisotopic (exact) mass is 318 g/mol. The van der Waals surface area contributed by atoms with Gasteiger partial charge in [0, 0.05) is 13.1 Å². The van der Waals surface area contributed by atoms with Crippen LogP contribution in [0.1, 0.15) is 32.6 Å². The van der Waals surface area contributed by atoms with Gasteiger partial charge < -0.3 is 16.0 Å². The van der Waals surface area contributed by atoms with Crippen LogP contribution in [-0.4, -0.2) is 54.5 Å². The van der Waals surface area contributed by atoms with E-state index in [4.69, 9.17) is 0 Å². The zero-order chi connectivity index (χ0) is 14.6. The Bertz CT molecular complexity index is 410. The lowest BCUT2D eigenvalue weighted by Gasteiger charge is -2.19. The highest BCUT2D eigenvalue weighted by Gasteiger charge is 2.52. The van der Waals surface area contributed by atoms with E-state index in [0.717, 1.165) is 24.3 Å². The summed E-state index contributed by atoms with van der Waals surface area (Å²) >= 11 is 0. The third-order valence-electron chi connectivity index (χ3n) is 3.88. The Labute approximate surface area is 130 Å². The highest BCUT2D eigenvalue weighted by molar-refractivity contribution is 6.09. The minimum atomic E-state index is -0.735. The molecule has 120 valence electrons. The van der Waals surface area contributed by atoms with Crippen LogP contribution in [0.5, 0.6) is 0 Å². The molecule has 8 heteroatoms. The molecule has 2 rings (SSSR count). The second-order valence-electron chi connectivity index (χ2n) is 5.31. The maximum atomic E-state index is 12.3. The summed E-state index contributed by atoms with van der Waals surface area (Å²) < 4.78 is 0. The molecule has 1 heterocycles. The van der Waals surface area contributed by atoms with Gasteiger partial charge in [-0.25, -0.2) is 4.79 Å². The molecule has 7 nitrogen and oxygen atoms in total. The van der Waals surface area contributed by atoms with E-state index >= 15 is 0 Å². The van der Waals surface area contributed by atoms with Crippen LogP contribution in [0, 0.1) is 0 Å². The first-order valence-corrected chi connectivity index (χ1v) is 7.20. The van der Waals surface area contributed by atoms with Gasteiger partial charge in [0.05, 0.1) is 0 Å². The van der Waals surface area contributed by atoms with Crippen LogP contribution in [0.25, 0.3) is 0 Å². The number of rotatable bonds is 6. The number of amides is 4. The molecule has 3 N–H and O–H groups in total. The fourth-order valence-electron chi connectivity index (χ4n) is 2.80. The first-order valence-electron chi connectivity index (χ1n) is 7.20. The van der Waals surface area contributed by atoms with E-state index in [1.165, 1.54) is 0 Å². The zero-order valence-corrected chi connectivity index (χ0v) is 13.1. The number of likely N-dealkylation sites (N-methyl/N-ethyl adjacent to an activating group) is 1. The van der Waals surface area contributed by atoms with Gasteiger partial charge in [0.25, 0.3) is 5.91 Å². The third-order valence-corrected chi connectivity index (χ3v) is 3.88. The van der Waals surface area contributed by atoms with Crippen LogP contribution in [0.3, 0.4) is 0 Å². The average Bonchev–Trinajstić information content (AvgIpc) is 2.97. The van der Waals surface area contributed by atoms with E-state index in [9.17, 15) is 14.4 Å². The molecule has 0 aromatic carbocycles. The standard InChI is InChI=1S/C13H22N4O3.ClH/c1-2-14-7-8-15-10(18)9-17-11(19)13(16-12(17)20)5-3-4-6-13;/h14H,2-9H2,1H3,(H,15,18)(H,16,20);1H. The van der Waals surface area contributed by atoms with Crippen molar-refractivity contribution in [2.75, 3.05) is 26.2 Å². The SMILES string of the molecule is CCNCCNC(=O)CN1C(=O)NC2(CCCC2)C1=O.Cl. The number of carbonyl (C=O) groups is 3. The number of imide groups is 1. The molecule has 0 aromatic rings. The summed E-state index contributed by atoms with van der Waals surface area (Å²) in [4.78, 5) is 36.9. The maximum absolute atomic E-state index is 12.3. The number of nitrogens with zero attached hydrogens (tertiary/aromatic N) is 1. The molecule has 0 unspecified atom stereocenters. The average molecular weight is 319 g/mol. The lowest BCUT2D eigenvalue weighted by molar-refractivity contribution is -0.134. The minimum Gasteiger partial charge on any atom is -0.353 e. The summed E-state index contributed by atoms with van der Waals surface area (Å²) in [5.41, 5.74) is -0.735. The van der Waals surface area contributed by atoms with Crippen molar-refractivity contribution < 1.29 is 14.4 Å². The molecule has 1 saturated carbocycles. The number of carbonyl (C=O) groups excluding carboxylic acids is 3. The molecule has 1 aliphatic carbocycles. The first-order chi connectivity index (χ1) is 9.59. The Balaban J connectivity index is 0.00000220. The van der Waals surface area contributed by atoms with Crippen molar-refractivity contribution in [2.45, 2.75) is 38.1 Å². The van der Waals surface area contributed by atoms with Crippen molar-refractivity contribution in [3.8, 4) is 0 Å². The van der Waals surface area contributed by atoms with Gasteiger partial charge in [-0.15, -0.1) is 12.4 Å². The predicted octanol–water partition coefficient (Wildman–Crippen LogP) is -0.00150. The van der Waals surface area contributed by atoms with Crippen molar-refractivity contribution in [1.82, 2.24) is 20.9 Å². The molecule has 2 fully saturated rings. The zero-order valence-electron chi connectivity index (χ0n) is 12.2. The smallest absolute Gasteiger partial charge is 0.325 e. The van der Waals surface area contributed by atoms with Crippen LogP contribution in [0.4, 0.5) is 4.79 Å². The van der Waals surface area contributed by atoms with Gasteiger partial charge in [0.1, 0.15) is 12.1 Å². The molecule has 0 aromatic heterocycles. The first kappa shape index (κ1) is 17.7. The maximum Gasteiger partial charge on any atom is 0.325 e. The second-order valence-corrected chi connectivity index (χ2v) is 5.31. The van der Waals surface area contributed by atoms with Crippen LogP contribution in [-0.2, 0) is 9.59 Å². The van der Waals surface area contributed by atoms with Gasteiger partial charge in [-0.1, -0.05) is 19.8 Å². The van der Waals surface area contributed by atoms with Crippen LogP contribution < -0.4 is 16.0 Å². The highest BCUT2D eigenvalue weighted by atomic mass is 35.5. The fourth-order valence-corrected chi connectivity index (χ4v) is 2.80. The summed E-state index contributed by atoms with van der Waals surface area (Å²) in [7, 11) is 0. The lowest BCUT2D eigenvalue weighted by Crippen LogP contribution is -2.45. The largest absolute Gasteiger partial charge is 0.353 e. The molecule has 2 aliphatic rings. The van der Waals surface area contributed by atoms with Gasteiger partial charge in [0.15, 0.2) is 0 Å². The van der Waals surface area contributed by atoms with E-state index < -0.39 is 11.6 Å². The summed E-state index contributed by atoms with van der Waals surface area (Å²) in [5, 5.41) is 8.52. The molecule has 21 heavy (non-hydrogen) atoms. The summed E-state index contributed by atoms with van der Waals surface area (Å²) in [6.45, 7) is 3.79. The Morgan fingerprint density at radius 3 is 2.57 bits per heavy atom. The molecular weight excluding hydrogens is 296 g/mol. The van der Waals surface area contributed by atoms with Gasteiger partial charge in [-0.2, -0.15) is 0 Å². The van der Waals surface area contributed by atoms with E-state index in [0.29, 0.717) is 25.9 Å². The molecule has 1 aliphatic heterocycles. The van der Waals surface area contributed by atoms with Crippen molar-refractivity contribution in [1.29, 1.82) is 0 Å². The fraction of sp³-hybridized carbons (Fsp3) is 0.769. The predicted molar refractivity (Wildman–Crippen MR) is 80.2 cm³/mol. The molecule has 4 amide bonds. The molecular formula is C13H23ClN4O3. The normalized spacial score (nSPS) is 19.6. The van der Waals surface area contributed by atoms with E-state index in [1.807, 2.05) is 6.92 Å². The molecule has 1 spiro atoms. The summed E-state index contributed by atoms with van der Waals surface area (Å²) in [5.74, 6) is -0.553. The Kier molecular flexibility index (Phi) is 6.42. The van der Waals surface area contributed by atoms with Crippen molar-refractivity contribution >= 4 is 30.3 Å². The van der Waals surface area contributed by atoms with Gasteiger partial charge in [-0.3, -0.25) is 14.5 Å². The Morgan fingerprint density at radius 2 is 1.95 bits per heavy atom. The number of hydrogen-bond donors (Lipinski definition) is 3. The van der Waals surface area contributed by atoms with Crippen LogP contribution >= 0.6 is 12.4 Å². The number of halogens is 1. The highest BCUT2D eigenvalue weighted by Crippen LogP contribution is 2.34. The molecule has 0 atom stereocenters. The quantitative estimate of drug-likeness (QED) is 0.475. The van der Waals surface area contributed by atoms with Crippen molar-refractivity contribution in [2.24, 2.45) is 0 Å². The summed E-state index contributed by atoms with van der Waals surface area (Å²) in [6.07, 6.45) is 3.23. The van der Waals surface area contributed by atoms with Crippen LogP contribution in [0.2, 0.25) is 0 Å². The van der Waals surface area contributed by atoms with Crippen LogP contribution in [0.15, 0.2) is 0 Å². The topological polar surface area (TPSA) is 90.5 Å². The van der Waals surface area contributed by atoms with E-state index in [1.54, 1.807) is 0 Å². The van der Waals surface area contributed by atoms with Crippen molar-refractivity contribution in [3.63, 3.8) is 0 Å². The van der Waals surface area contributed by atoms with Crippen molar-refractivity contribution in [3.05, 3.63) is 0 Å². The number of urea groups is 1. The molecule has 0 radical (unpaired) electrons. The lowest BCUT2D eigenvalue weighted by atomic mass is 9.98. The summed E-state index contributed by atoms with van der Waals surface area (Å²) in [6, 6.07) is -0.446. The van der Waals surface area contributed by atoms with Gasteiger partial charge in [-0.05, 0) is 19.4 Å². The van der Waals surface area contributed by atoms with Gasteiger partial charge >= 0.3 is 6.03 Å².